The number of pyridine rings is 1. The number of nitrogens with one attached hydrogen (secondary N) is 1. The lowest BCUT2D eigenvalue weighted by Crippen LogP contribution is -2.21. The zero-order valence-corrected chi connectivity index (χ0v) is 10.00. The van der Waals surface area contributed by atoms with Gasteiger partial charge in [-0.1, -0.05) is 13.8 Å². The van der Waals surface area contributed by atoms with Gasteiger partial charge in [0.15, 0.2) is 5.84 Å². The summed E-state index contributed by atoms with van der Waals surface area (Å²) in [6.07, 6.45) is 1.76. The lowest BCUT2D eigenvalue weighted by atomic mass is 10.1. The Morgan fingerprint density at radius 3 is 2.33 bits per heavy atom. The van der Waals surface area contributed by atoms with E-state index in [1.54, 1.807) is 13.2 Å². The number of amidine groups is 1. The monoisotopic (exact) mass is 209 g/mol. The first kappa shape index (κ1) is 13.6. The summed E-state index contributed by atoms with van der Waals surface area (Å²) in [5.41, 5.74) is 4.90. The molecule has 0 fully saturated rings. The molecule has 0 aliphatic carbocycles. The molecule has 1 rings (SSSR count). The number of aryl methyl sites for hydroxylation is 2. The predicted molar refractivity (Wildman–Crippen MR) is 62.4 cm³/mol. The van der Waals surface area contributed by atoms with E-state index in [4.69, 9.17) is 5.21 Å². The van der Waals surface area contributed by atoms with Gasteiger partial charge in [-0.15, -0.1) is 0 Å². The van der Waals surface area contributed by atoms with Crippen LogP contribution in [0.3, 0.4) is 0 Å². The van der Waals surface area contributed by atoms with Crippen LogP contribution in [0.2, 0.25) is 0 Å². The van der Waals surface area contributed by atoms with E-state index in [1.165, 1.54) is 0 Å². The van der Waals surface area contributed by atoms with E-state index in [-0.39, 0.29) is 0 Å². The molecule has 2 N–H and O–H groups in total. The van der Waals surface area contributed by atoms with Crippen molar-refractivity contribution in [3.05, 3.63) is 29.1 Å². The molecule has 0 saturated heterocycles. The second-order valence-corrected chi connectivity index (χ2v) is 2.84. The summed E-state index contributed by atoms with van der Waals surface area (Å²) in [6.45, 7) is 7.98. The van der Waals surface area contributed by atoms with Crippen LogP contribution in [0.5, 0.6) is 0 Å². The molecule has 4 nitrogen and oxygen atoms in total. The van der Waals surface area contributed by atoms with Gasteiger partial charge < -0.3 is 0 Å². The van der Waals surface area contributed by atoms with Gasteiger partial charge in [0.1, 0.15) is 5.69 Å². The Kier molecular flexibility index (Phi) is 6.29. The quantitative estimate of drug-likeness (QED) is 0.423. The first-order valence-corrected chi connectivity index (χ1v) is 4.99. The fourth-order valence-corrected chi connectivity index (χ4v) is 0.976. The third-order valence-corrected chi connectivity index (χ3v) is 1.94. The van der Waals surface area contributed by atoms with Crippen molar-refractivity contribution < 1.29 is 5.21 Å². The van der Waals surface area contributed by atoms with Gasteiger partial charge >= 0.3 is 0 Å². The van der Waals surface area contributed by atoms with Crippen molar-refractivity contribution in [3.8, 4) is 0 Å². The molecule has 4 heteroatoms. The molecule has 0 aromatic carbocycles. The van der Waals surface area contributed by atoms with Crippen molar-refractivity contribution in [2.75, 3.05) is 7.05 Å². The average molecular weight is 209 g/mol. The van der Waals surface area contributed by atoms with E-state index in [9.17, 15) is 0 Å². The van der Waals surface area contributed by atoms with Gasteiger partial charge in [-0.3, -0.25) is 20.7 Å². The molecule has 1 aromatic rings. The van der Waals surface area contributed by atoms with Crippen LogP contribution in [0.25, 0.3) is 0 Å². The average Bonchev–Trinajstić information content (AvgIpc) is 2.28. The maximum atomic E-state index is 8.72. The molecule has 0 saturated carbocycles. The molecule has 0 spiro atoms. The lowest BCUT2D eigenvalue weighted by molar-refractivity contribution is 0.234. The molecule has 84 valence electrons. The van der Waals surface area contributed by atoms with E-state index in [2.05, 4.69) is 9.98 Å². The van der Waals surface area contributed by atoms with Gasteiger partial charge in [0.2, 0.25) is 0 Å². The predicted octanol–water partition coefficient (Wildman–Crippen LogP) is 2.08. The minimum Gasteiger partial charge on any atom is -0.290 e. The zero-order chi connectivity index (χ0) is 11.8. The van der Waals surface area contributed by atoms with Crippen LogP contribution in [0.1, 0.15) is 30.7 Å². The summed E-state index contributed by atoms with van der Waals surface area (Å²) in [6, 6.07) is 1.88. The van der Waals surface area contributed by atoms with Gasteiger partial charge in [0, 0.05) is 13.2 Å². The third-order valence-electron chi connectivity index (χ3n) is 1.94. The second kappa shape index (κ2) is 6.95. The van der Waals surface area contributed by atoms with Crippen molar-refractivity contribution in [3.63, 3.8) is 0 Å². The third kappa shape index (κ3) is 3.67. The Hall–Kier alpha value is -1.42. The molecule has 1 aromatic heterocycles. The molecule has 0 aliphatic heterocycles. The minimum absolute atomic E-state index is 0.378. The summed E-state index contributed by atoms with van der Waals surface area (Å²) < 4.78 is 0. The lowest BCUT2D eigenvalue weighted by Gasteiger charge is -2.05. The first-order chi connectivity index (χ1) is 7.19. The normalized spacial score (nSPS) is 10.4. The molecule has 0 amide bonds. The maximum absolute atomic E-state index is 8.72. The molecule has 15 heavy (non-hydrogen) atoms. The zero-order valence-electron chi connectivity index (χ0n) is 10.00. The number of nitrogens with zero attached hydrogens (tertiary/aromatic N) is 2. The van der Waals surface area contributed by atoms with Gasteiger partial charge in [-0.05, 0) is 31.0 Å². The van der Waals surface area contributed by atoms with E-state index in [0.29, 0.717) is 11.5 Å². The molecular weight excluding hydrogens is 190 g/mol. The summed E-state index contributed by atoms with van der Waals surface area (Å²) in [7, 11) is 1.59. The van der Waals surface area contributed by atoms with E-state index >= 15 is 0 Å². The summed E-state index contributed by atoms with van der Waals surface area (Å²) in [5, 5.41) is 8.72. The summed E-state index contributed by atoms with van der Waals surface area (Å²) >= 11 is 0. The Morgan fingerprint density at radius 2 is 1.93 bits per heavy atom. The van der Waals surface area contributed by atoms with E-state index < -0.39 is 0 Å². The molecule has 0 unspecified atom stereocenters. The van der Waals surface area contributed by atoms with E-state index in [0.717, 1.165) is 11.1 Å². The number of aromatic nitrogens is 1. The Bertz CT molecular complexity index is 335. The Balaban J connectivity index is 0.000000921. The first-order valence-electron chi connectivity index (χ1n) is 4.99. The number of hydrogen-bond donors (Lipinski definition) is 2. The molecule has 0 bridgehead atoms. The Morgan fingerprint density at radius 1 is 1.33 bits per heavy atom. The largest absolute Gasteiger partial charge is 0.290 e. The molecule has 0 aliphatic rings. The van der Waals surface area contributed by atoms with Crippen molar-refractivity contribution in [2.45, 2.75) is 27.7 Å². The van der Waals surface area contributed by atoms with E-state index in [1.807, 2.05) is 39.2 Å². The van der Waals surface area contributed by atoms with Crippen molar-refractivity contribution in [2.24, 2.45) is 4.99 Å². The van der Waals surface area contributed by atoms with Crippen LogP contribution in [-0.2, 0) is 0 Å². The van der Waals surface area contributed by atoms with Crippen LogP contribution in [0, 0.1) is 13.8 Å². The highest BCUT2D eigenvalue weighted by Crippen LogP contribution is 2.06. The van der Waals surface area contributed by atoms with Gasteiger partial charge in [-0.2, -0.15) is 0 Å². The summed E-state index contributed by atoms with van der Waals surface area (Å²) in [4.78, 5) is 7.97. The SMILES string of the molecule is CC.CN=C(NO)c1cc(C)c(C)cn1. The standard InChI is InChI=1S/C9H13N3O.C2H6/c1-6-4-8(9(10-3)12-13)11-5-7(6)2;1-2/h4-5,13H,1-3H3,(H,10,12);1-2H3. The van der Waals surface area contributed by atoms with Gasteiger partial charge in [-0.25, -0.2) is 0 Å². The van der Waals surface area contributed by atoms with Crippen LogP contribution < -0.4 is 5.48 Å². The highest BCUT2D eigenvalue weighted by Gasteiger charge is 2.03. The highest BCUT2D eigenvalue weighted by atomic mass is 16.5. The fraction of sp³-hybridized carbons (Fsp3) is 0.455. The fourth-order valence-electron chi connectivity index (χ4n) is 0.976. The van der Waals surface area contributed by atoms with Gasteiger partial charge in [0.05, 0.1) is 0 Å². The Labute approximate surface area is 91.0 Å². The topological polar surface area (TPSA) is 57.5 Å². The molecule has 0 atom stereocenters. The van der Waals surface area contributed by atoms with Crippen LogP contribution in [-0.4, -0.2) is 23.1 Å². The number of aliphatic imine (C=N–C) groups is 1. The van der Waals surface area contributed by atoms with Crippen LogP contribution >= 0.6 is 0 Å². The van der Waals surface area contributed by atoms with Crippen molar-refractivity contribution in [1.29, 1.82) is 0 Å². The van der Waals surface area contributed by atoms with Crippen molar-refractivity contribution in [1.82, 2.24) is 10.5 Å². The van der Waals surface area contributed by atoms with Crippen LogP contribution in [0.4, 0.5) is 0 Å². The van der Waals surface area contributed by atoms with Gasteiger partial charge in [0.25, 0.3) is 0 Å². The smallest absolute Gasteiger partial charge is 0.170 e. The van der Waals surface area contributed by atoms with Crippen molar-refractivity contribution >= 4 is 5.84 Å². The highest BCUT2D eigenvalue weighted by molar-refractivity contribution is 5.96. The maximum Gasteiger partial charge on any atom is 0.170 e. The number of hydrogen-bond acceptors (Lipinski definition) is 3. The summed E-state index contributed by atoms with van der Waals surface area (Å²) in [5.74, 6) is 0.378. The number of hydroxylamine groups is 1. The second-order valence-electron chi connectivity index (χ2n) is 2.84. The minimum atomic E-state index is 0.378. The molecular formula is C11H19N3O. The van der Waals surface area contributed by atoms with Crippen LogP contribution in [0.15, 0.2) is 17.3 Å². The molecule has 0 radical (unpaired) electrons. The number of rotatable bonds is 1. The molecule has 1 heterocycles.